The Balaban J connectivity index is 2.09. The summed E-state index contributed by atoms with van der Waals surface area (Å²) in [6, 6.07) is 7.06. The van der Waals surface area contributed by atoms with Crippen LogP contribution in [0.3, 0.4) is 0 Å². The smallest absolute Gasteiger partial charge is 0.120 e. The van der Waals surface area contributed by atoms with Gasteiger partial charge in [-0.3, -0.25) is 0 Å². The van der Waals surface area contributed by atoms with Gasteiger partial charge in [-0.15, -0.1) is 0 Å². The molecule has 0 spiro atoms. The Morgan fingerprint density at radius 2 is 2.05 bits per heavy atom. The zero-order valence-corrected chi connectivity index (χ0v) is 14.3. The lowest BCUT2D eigenvalue weighted by Crippen LogP contribution is -2.45. The molecule has 1 aliphatic rings. The van der Waals surface area contributed by atoms with Crippen molar-refractivity contribution in [3.8, 4) is 5.75 Å². The van der Waals surface area contributed by atoms with E-state index in [2.05, 4.69) is 58.3 Å². The van der Waals surface area contributed by atoms with E-state index in [1.54, 1.807) is 0 Å². The number of nitrogens with one attached hydrogen (secondary N) is 1. The first-order chi connectivity index (χ1) is 10.0. The van der Waals surface area contributed by atoms with Crippen molar-refractivity contribution in [1.82, 2.24) is 5.32 Å². The first kappa shape index (κ1) is 16.4. The van der Waals surface area contributed by atoms with Crippen molar-refractivity contribution in [3.05, 3.63) is 29.3 Å². The topological polar surface area (TPSA) is 21.3 Å². The van der Waals surface area contributed by atoms with Crippen molar-refractivity contribution in [2.24, 2.45) is 5.92 Å². The number of hydrogen-bond acceptors (Lipinski definition) is 2. The molecule has 2 heteroatoms. The fourth-order valence-electron chi connectivity index (χ4n) is 3.59. The molecule has 1 fully saturated rings. The molecule has 0 amide bonds. The monoisotopic (exact) mass is 289 g/mol. The lowest BCUT2D eigenvalue weighted by Gasteiger charge is -2.36. The van der Waals surface area contributed by atoms with Crippen molar-refractivity contribution in [2.75, 3.05) is 7.05 Å². The highest BCUT2D eigenvalue weighted by atomic mass is 16.5. The van der Waals surface area contributed by atoms with Crippen molar-refractivity contribution >= 4 is 0 Å². The molecule has 0 aliphatic heterocycles. The SMILES string of the molecule is CCC1CCC(NC)C(Oc2ccc(C(C)C)c(C)c2)C1. The van der Waals surface area contributed by atoms with Gasteiger partial charge in [0.15, 0.2) is 0 Å². The zero-order chi connectivity index (χ0) is 15.4. The molecule has 0 saturated heterocycles. The Kier molecular flexibility index (Phi) is 5.69. The van der Waals surface area contributed by atoms with E-state index in [0.29, 0.717) is 18.1 Å². The molecule has 3 unspecified atom stereocenters. The van der Waals surface area contributed by atoms with E-state index in [9.17, 15) is 0 Å². The van der Waals surface area contributed by atoms with Gasteiger partial charge in [0.25, 0.3) is 0 Å². The van der Waals surface area contributed by atoms with Crippen molar-refractivity contribution in [1.29, 1.82) is 0 Å². The average molecular weight is 289 g/mol. The molecule has 3 atom stereocenters. The van der Waals surface area contributed by atoms with Crippen molar-refractivity contribution < 1.29 is 4.74 Å². The van der Waals surface area contributed by atoms with Crippen LogP contribution in [-0.4, -0.2) is 19.2 Å². The number of hydrogen-bond donors (Lipinski definition) is 1. The first-order valence-electron chi connectivity index (χ1n) is 8.49. The highest BCUT2D eigenvalue weighted by Crippen LogP contribution is 2.31. The predicted octanol–water partition coefficient (Wildman–Crippen LogP) is 4.66. The zero-order valence-electron chi connectivity index (χ0n) is 14.3. The molecular weight excluding hydrogens is 258 g/mol. The highest BCUT2D eigenvalue weighted by molar-refractivity contribution is 5.36. The number of aryl methyl sites for hydroxylation is 1. The van der Waals surface area contributed by atoms with Crippen LogP contribution in [0.1, 0.15) is 63.5 Å². The van der Waals surface area contributed by atoms with Gasteiger partial charge in [-0.25, -0.2) is 0 Å². The average Bonchev–Trinajstić information content (AvgIpc) is 2.46. The van der Waals surface area contributed by atoms with Gasteiger partial charge in [0.05, 0.1) is 0 Å². The molecule has 118 valence electrons. The summed E-state index contributed by atoms with van der Waals surface area (Å²) in [5, 5.41) is 3.44. The summed E-state index contributed by atoms with van der Waals surface area (Å²) in [6.07, 6.45) is 5.29. The summed E-state index contributed by atoms with van der Waals surface area (Å²) in [5.74, 6) is 2.41. The standard InChI is InChI=1S/C19H31NO/c1-6-15-7-10-18(20-5)19(12-15)21-16-8-9-17(13(2)3)14(4)11-16/h8-9,11,13,15,18-20H,6-7,10,12H2,1-5H3. The maximum Gasteiger partial charge on any atom is 0.120 e. The molecule has 0 radical (unpaired) electrons. The number of benzene rings is 1. The van der Waals surface area contributed by atoms with Crippen LogP contribution in [0.2, 0.25) is 0 Å². The Bertz CT molecular complexity index is 455. The van der Waals surface area contributed by atoms with E-state index >= 15 is 0 Å². The summed E-state index contributed by atoms with van der Waals surface area (Å²) in [7, 11) is 2.06. The molecule has 1 aromatic rings. The largest absolute Gasteiger partial charge is 0.489 e. The van der Waals surface area contributed by atoms with E-state index in [-0.39, 0.29) is 0 Å². The molecular formula is C19H31NO. The fraction of sp³-hybridized carbons (Fsp3) is 0.684. The molecule has 0 heterocycles. The second-order valence-electron chi connectivity index (χ2n) is 6.81. The Morgan fingerprint density at radius 1 is 1.29 bits per heavy atom. The van der Waals surface area contributed by atoms with Gasteiger partial charge in [-0.2, -0.15) is 0 Å². The van der Waals surface area contributed by atoms with E-state index < -0.39 is 0 Å². The molecule has 1 N–H and O–H groups in total. The molecule has 1 aliphatic carbocycles. The third-order valence-electron chi connectivity index (χ3n) is 5.00. The Hall–Kier alpha value is -1.02. The molecule has 2 nitrogen and oxygen atoms in total. The van der Waals surface area contributed by atoms with Crippen LogP contribution in [0.25, 0.3) is 0 Å². The van der Waals surface area contributed by atoms with Crippen molar-refractivity contribution in [3.63, 3.8) is 0 Å². The van der Waals surface area contributed by atoms with Gasteiger partial charge >= 0.3 is 0 Å². The van der Waals surface area contributed by atoms with Gasteiger partial charge in [0.2, 0.25) is 0 Å². The lowest BCUT2D eigenvalue weighted by molar-refractivity contribution is 0.0882. The Morgan fingerprint density at radius 3 is 2.62 bits per heavy atom. The number of likely N-dealkylation sites (N-methyl/N-ethyl adjacent to an activating group) is 1. The van der Waals surface area contributed by atoms with Crippen molar-refractivity contribution in [2.45, 2.75) is 71.4 Å². The number of rotatable bonds is 5. The molecule has 2 rings (SSSR count). The van der Waals surface area contributed by atoms with E-state index in [1.165, 1.54) is 36.8 Å². The van der Waals surface area contributed by atoms with Crippen LogP contribution in [0, 0.1) is 12.8 Å². The van der Waals surface area contributed by atoms with Crippen LogP contribution in [0.5, 0.6) is 5.75 Å². The summed E-state index contributed by atoms with van der Waals surface area (Å²) < 4.78 is 6.34. The van der Waals surface area contributed by atoms with Gasteiger partial charge in [0.1, 0.15) is 11.9 Å². The Labute approximate surface area is 130 Å². The van der Waals surface area contributed by atoms with Crippen LogP contribution < -0.4 is 10.1 Å². The van der Waals surface area contributed by atoms with Gasteiger partial charge in [0, 0.05) is 6.04 Å². The van der Waals surface area contributed by atoms with Gasteiger partial charge < -0.3 is 10.1 Å². The van der Waals surface area contributed by atoms with Crippen LogP contribution in [-0.2, 0) is 0 Å². The fourth-order valence-corrected chi connectivity index (χ4v) is 3.59. The minimum absolute atomic E-state index is 0.304. The second kappa shape index (κ2) is 7.31. The second-order valence-corrected chi connectivity index (χ2v) is 6.81. The van der Waals surface area contributed by atoms with Gasteiger partial charge in [-0.05, 0) is 68.3 Å². The van der Waals surface area contributed by atoms with E-state index in [0.717, 1.165) is 11.7 Å². The number of ether oxygens (including phenoxy) is 1. The molecule has 21 heavy (non-hydrogen) atoms. The maximum absolute atomic E-state index is 6.34. The summed E-state index contributed by atoms with van der Waals surface area (Å²) >= 11 is 0. The lowest BCUT2D eigenvalue weighted by atomic mass is 9.82. The minimum atomic E-state index is 0.304. The summed E-state index contributed by atoms with van der Waals surface area (Å²) in [6.45, 7) is 8.97. The van der Waals surface area contributed by atoms with Crippen LogP contribution >= 0.6 is 0 Å². The van der Waals surface area contributed by atoms with Gasteiger partial charge in [-0.1, -0.05) is 33.3 Å². The molecule has 1 aromatic carbocycles. The molecule has 0 bridgehead atoms. The first-order valence-corrected chi connectivity index (χ1v) is 8.49. The van der Waals surface area contributed by atoms with E-state index in [4.69, 9.17) is 4.74 Å². The normalized spacial score (nSPS) is 26.1. The third kappa shape index (κ3) is 4.00. The molecule has 0 aromatic heterocycles. The summed E-state index contributed by atoms with van der Waals surface area (Å²) in [5.41, 5.74) is 2.76. The minimum Gasteiger partial charge on any atom is -0.489 e. The maximum atomic E-state index is 6.34. The summed E-state index contributed by atoms with van der Waals surface area (Å²) in [4.78, 5) is 0. The predicted molar refractivity (Wildman–Crippen MR) is 90.2 cm³/mol. The van der Waals surface area contributed by atoms with Crippen LogP contribution in [0.15, 0.2) is 18.2 Å². The third-order valence-corrected chi connectivity index (χ3v) is 5.00. The quantitative estimate of drug-likeness (QED) is 0.851. The van der Waals surface area contributed by atoms with Crippen LogP contribution in [0.4, 0.5) is 0 Å². The van der Waals surface area contributed by atoms with E-state index in [1.807, 2.05) is 0 Å². The molecule has 1 saturated carbocycles. The highest BCUT2D eigenvalue weighted by Gasteiger charge is 2.30.